The number of nitrogens with one attached hydrogen (secondary N) is 1. The summed E-state index contributed by atoms with van der Waals surface area (Å²) in [6.45, 7) is 0. The highest BCUT2D eigenvalue weighted by Gasteiger charge is 2.60. The summed E-state index contributed by atoms with van der Waals surface area (Å²) >= 11 is 15.8. The second-order valence-electron chi connectivity index (χ2n) is 8.63. The van der Waals surface area contributed by atoms with E-state index in [1.807, 2.05) is 24.3 Å². The van der Waals surface area contributed by atoms with Gasteiger partial charge in [-0.1, -0.05) is 46.8 Å². The summed E-state index contributed by atoms with van der Waals surface area (Å²) in [6.07, 6.45) is 6.14. The van der Waals surface area contributed by atoms with Crippen LogP contribution in [0.3, 0.4) is 0 Å². The zero-order valence-electron chi connectivity index (χ0n) is 15.3. The van der Waals surface area contributed by atoms with Gasteiger partial charge in [0.05, 0.1) is 5.41 Å². The summed E-state index contributed by atoms with van der Waals surface area (Å²) < 4.78 is 0.851. The Hall–Kier alpha value is -0.820. The second kappa shape index (κ2) is 7.15. The van der Waals surface area contributed by atoms with Crippen LogP contribution in [0.4, 0.5) is 5.13 Å². The number of carbonyl (C=O) groups is 1. The molecule has 4 aliphatic rings. The summed E-state index contributed by atoms with van der Waals surface area (Å²) in [7, 11) is 0. The van der Waals surface area contributed by atoms with Gasteiger partial charge in [0.1, 0.15) is 0 Å². The van der Waals surface area contributed by atoms with E-state index < -0.39 is 0 Å². The lowest BCUT2D eigenvalue weighted by Crippen LogP contribution is -2.57. The monoisotopic (exact) mass is 453 g/mol. The quantitative estimate of drug-likeness (QED) is 0.342. The summed E-state index contributed by atoms with van der Waals surface area (Å²) in [6, 6.07) is 7.79. The van der Waals surface area contributed by atoms with Crippen molar-refractivity contribution < 1.29 is 4.79 Å². The zero-order valence-corrected chi connectivity index (χ0v) is 18.4. The molecule has 6 rings (SSSR count). The van der Waals surface area contributed by atoms with Crippen molar-refractivity contribution in [1.29, 1.82) is 0 Å². The van der Waals surface area contributed by atoms with Crippen molar-refractivity contribution in [1.82, 2.24) is 10.2 Å². The molecule has 1 aromatic carbocycles. The number of rotatable bonds is 5. The molecule has 28 heavy (non-hydrogen) atoms. The number of anilines is 1. The van der Waals surface area contributed by atoms with Crippen LogP contribution in [0.1, 0.15) is 44.1 Å². The van der Waals surface area contributed by atoms with E-state index in [1.165, 1.54) is 23.3 Å². The fourth-order valence-corrected chi connectivity index (χ4v) is 8.21. The minimum atomic E-state index is -0.311. The molecule has 4 nitrogen and oxygen atoms in total. The fraction of sp³-hybridized carbons (Fsp3) is 0.550. The van der Waals surface area contributed by atoms with E-state index in [9.17, 15) is 4.79 Å². The molecule has 0 spiro atoms. The SMILES string of the molecule is O=C(Nc1nnc(SCc2ccc(Cl)cc2)s1)C12C[C@H]3C[C@@H](CC(Cl)(C3)C1)C2. The molecule has 1 aromatic heterocycles. The molecular weight excluding hydrogens is 433 g/mol. The number of aromatic nitrogens is 2. The molecule has 1 heterocycles. The van der Waals surface area contributed by atoms with Gasteiger partial charge in [0.15, 0.2) is 4.34 Å². The number of nitrogens with zero attached hydrogens (tertiary/aromatic N) is 2. The van der Waals surface area contributed by atoms with Gasteiger partial charge in [-0.05, 0) is 68.1 Å². The lowest BCUT2D eigenvalue weighted by atomic mass is 9.49. The van der Waals surface area contributed by atoms with E-state index in [1.54, 1.807) is 11.8 Å². The number of halogens is 2. The first-order valence-electron chi connectivity index (χ1n) is 9.63. The number of thioether (sulfide) groups is 1. The largest absolute Gasteiger partial charge is 0.300 e. The van der Waals surface area contributed by atoms with E-state index in [0.717, 1.165) is 47.2 Å². The molecule has 4 aliphatic carbocycles. The molecule has 2 aromatic rings. The van der Waals surface area contributed by atoms with Crippen molar-refractivity contribution in [2.45, 2.75) is 53.5 Å². The van der Waals surface area contributed by atoms with Gasteiger partial charge >= 0.3 is 0 Å². The highest BCUT2D eigenvalue weighted by Crippen LogP contribution is 2.64. The van der Waals surface area contributed by atoms with Crippen LogP contribution in [-0.4, -0.2) is 21.0 Å². The topological polar surface area (TPSA) is 54.9 Å². The minimum Gasteiger partial charge on any atom is -0.300 e. The summed E-state index contributed by atoms with van der Waals surface area (Å²) in [4.78, 5) is 13.0. The Morgan fingerprint density at radius 2 is 1.89 bits per heavy atom. The third-order valence-electron chi connectivity index (χ3n) is 6.37. The lowest BCUT2D eigenvalue weighted by molar-refractivity contribution is -0.138. The lowest BCUT2D eigenvalue weighted by Gasteiger charge is -2.59. The van der Waals surface area contributed by atoms with E-state index in [-0.39, 0.29) is 16.2 Å². The van der Waals surface area contributed by atoms with E-state index in [2.05, 4.69) is 15.5 Å². The Labute approximate surface area is 182 Å². The van der Waals surface area contributed by atoms with E-state index in [4.69, 9.17) is 23.2 Å². The number of alkyl halides is 1. The van der Waals surface area contributed by atoms with Crippen molar-refractivity contribution in [3.05, 3.63) is 34.9 Å². The molecule has 0 aliphatic heterocycles. The first-order valence-corrected chi connectivity index (χ1v) is 12.2. The van der Waals surface area contributed by atoms with Crippen molar-refractivity contribution in [2.75, 3.05) is 5.32 Å². The zero-order chi connectivity index (χ0) is 19.4. The van der Waals surface area contributed by atoms with Crippen LogP contribution in [0.25, 0.3) is 0 Å². The van der Waals surface area contributed by atoms with Gasteiger partial charge in [0.25, 0.3) is 0 Å². The Balaban J connectivity index is 1.23. The predicted molar refractivity (Wildman–Crippen MR) is 115 cm³/mol. The van der Waals surface area contributed by atoms with Crippen molar-refractivity contribution in [2.24, 2.45) is 17.3 Å². The van der Waals surface area contributed by atoms with E-state index >= 15 is 0 Å². The first kappa shape index (κ1) is 19.2. The predicted octanol–water partition coefficient (Wildman–Crippen LogP) is 6.00. The van der Waals surface area contributed by atoms with Gasteiger partial charge in [0.2, 0.25) is 11.0 Å². The molecule has 2 atom stereocenters. The Morgan fingerprint density at radius 3 is 2.57 bits per heavy atom. The average Bonchev–Trinajstić information content (AvgIpc) is 3.06. The van der Waals surface area contributed by atoms with Crippen molar-refractivity contribution in [3.63, 3.8) is 0 Å². The molecule has 4 fully saturated rings. The summed E-state index contributed by atoms with van der Waals surface area (Å²) in [5.41, 5.74) is 0.866. The number of carbonyl (C=O) groups excluding carboxylic acids is 1. The first-order chi connectivity index (χ1) is 13.4. The van der Waals surface area contributed by atoms with Crippen LogP contribution in [-0.2, 0) is 10.5 Å². The normalized spacial score (nSPS) is 33.2. The van der Waals surface area contributed by atoms with Crippen LogP contribution in [0.15, 0.2) is 28.6 Å². The number of hydrogen-bond donors (Lipinski definition) is 1. The maximum Gasteiger partial charge on any atom is 0.232 e. The van der Waals surface area contributed by atoms with Gasteiger partial charge < -0.3 is 5.32 Å². The number of amides is 1. The van der Waals surface area contributed by atoms with Crippen molar-refractivity contribution >= 4 is 57.3 Å². The van der Waals surface area contributed by atoms with Gasteiger partial charge in [-0.2, -0.15) is 0 Å². The minimum absolute atomic E-state index is 0.0945. The van der Waals surface area contributed by atoms with Crippen LogP contribution < -0.4 is 5.32 Å². The van der Waals surface area contributed by atoms with Gasteiger partial charge in [-0.3, -0.25) is 4.79 Å². The van der Waals surface area contributed by atoms with E-state index in [0.29, 0.717) is 17.0 Å². The highest BCUT2D eigenvalue weighted by atomic mass is 35.5. The molecule has 0 radical (unpaired) electrons. The van der Waals surface area contributed by atoms with Gasteiger partial charge in [0, 0.05) is 15.6 Å². The van der Waals surface area contributed by atoms with Crippen LogP contribution in [0.5, 0.6) is 0 Å². The third kappa shape index (κ3) is 3.69. The Bertz CT molecular complexity index is 887. The number of benzene rings is 1. The molecule has 4 bridgehead atoms. The van der Waals surface area contributed by atoms with Crippen LogP contribution in [0.2, 0.25) is 5.02 Å². The van der Waals surface area contributed by atoms with Crippen LogP contribution in [0, 0.1) is 17.3 Å². The smallest absolute Gasteiger partial charge is 0.232 e. The van der Waals surface area contributed by atoms with Gasteiger partial charge in [-0.25, -0.2) is 0 Å². The molecule has 4 saturated carbocycles. The Kier molecular flexibility index (Phi) is 4.89. The fourth-order valence-electron chi connectivity index (χ4n) is 5.69. The molecular formula is C20H21Cl2N3OS2. The maximum absolute atomic E-state index is 13.2. The maximum atomic E-state index is 13.2. The molecule has 8 heteroatoms. The summed E-state index contributed by atoms with van der Waals surface area (Å²) in [5.74, 6) is 2.09. The standard InChI is InChI=1S/C20H21Cl2N3OS2/c21-15-3-1-12(2-4-15)10-27-18-25-24-17(28-18)23-16(26)19-6-13-5-14(7-19)9-20(22,8-13)11-19/h1-4,13-14H,5-11H2,(H,23,24,26)/t13-,14-,19?,20?/m1/s1. The molecule has 148 valence electrons. The summed E-state index contributed by atoms with van der Waals surface area (Å²) in [5, 5.41) is 12.8. The van der Waals surface area contributed by atoms with Gasteiger partial charge in [-0.15, -0.1) is 21.8 Å². The molecule has 1 amide bonds. The molecule has 0 unspecified atom stereocenters. The number of hydrogen-bond acceptors (Lipinski definition) is 5. The van der Waals surface area contributed by atoms with Crippen molar-refractivity contribution in [3.8, 4) is 0 Å². The molecule has 1 N–H and O–H groups in total. The highest BCUT2D eigenvalue weighted by molar-refractivity contribution is 8.00. The average molecular weight is 454 g/mol. The third-order valence-corrected chi connectivity index (χ3v) is 9.11. The molecule has 0 saturated heterocycles. The van der Waals surface area contributed by atoms with Crippen LogP contribution >= 0.6 is 46.3 Å². The Morgan fingerprint density at radius 1 is 1.18 bits per heavy atom. The second-order valence-corrected chi connectivity index (χ2v) is 12.1.